The molecule has 0 bridgehead atoms. The van der Waals surface area contributed by atoms with Crippen molar-refractivity contribution >= 4 is 5.82 Å². The van der Waals surface area contributed by atoms with Crippen molar-refractivity contribution < 1.29 is 4.74 Å². The Kier molecular flexibility index (Phi) is 4.90. The predicted molar refractivity (Wildman–Crippen MR) is 62.2 cm³/mol. The zero-order valence-corrected chi connectivity index (χ0v) is 9.36. The summed E-state index contributed by atoms with van der Waals surface area (Å²) in [5.41, 5.74) is 5.65. The maximum atomic E-state index is 5.65. The Labute approximate surface area is 90.8 Å². The molecule has 1 rings (SSSR count). The summed E-state index contributed by atoms with van der Waals surface area (Å²) in [6.45, 7) is 2.91. The van der Waals surface area contributed by atoms with E-state index in [1.54, 1.807) is 7.11 Å². The Morgan fingerprint density at radius 3 is 3.00 bits per heavy atom. The van der Waals surface area contributed by atoms with Gasteiger partial charge in [-0.15, -0.1) is 0 Å². The lowest BCUT2D eigenvalue weighted by Crippen LogP contribution is -2.16. The van der Waals surface area contributed by atoms with Gasteiger partial charge in [-0.3, -0.25) is 0 Å². The zero-order chi connectivity index (χ0) is 11.1. The number of pyridine rings is 1. The van der Waals surface area contributed by atoms with Crippen LogP contribution in [0.15, 0.2) is 18.2 Å². The van der Waals surface area contributed by atoms with Crippen LogP contribution in [0.3, 0.4) is 0 Å². The fourth-order valence-electron chi connectivity index (χ4n) is 1.27. The summed E-state index contributed by atoms with van der Waals surface area (Å²) in [5, 5.41) is 3.23. The van der Waals surface area contributed by atoms with Gasteiger partial charge >= 0.3 is 0 Å². The number of anilines is 1. The minimum atomic E-state index is 0.269. The monoisotopic (exact) mass is 209 g/mol. The van der Waals surface area contributed by atoms with Crippen molar-refractivity contribution in [1.29, 1.82) is 0 Å². The smallest absolute Gasteiger partial charge is 0.214 e. The van der Waals surface area contributed by atoms with E-state index in [4.69, 9.17) is 10.5 Å². The van der Waals surface area contributed by atoms with Crippen LogP contribution in [0.4, 0.5) is 5.82 Å². The van der Waals surface area contributed by atoms with Crippen molar-refractivity contribution in [2.24, 2.45) is 5.73 Å². The minimum Gasteiger partial charge on any atom is -0.481 e. The van der Waals surface area contributed by atoms with Crippen molar-refractivity contribution in [3.63, 3.8) is 0 Å². The summed E-state index contributed by atoms with van der Waals surface area (Å²) in [7, 11) is 1.61. The summed E-state index contributed by atoms with van der Waals surface area (Å²) in [4.78, 5) is 4.24. The SMILES string of the molecule is COc1cccc(NCCCC(C)N)n1. The molecular weight excluding hydrogens is 190 g/mol. The number of rotatable bonds is 6. The molecule has 0 radical (unpaired) electrons. The Bertz CT molecular complexity index is 289. The van der Waals surface area contributed by atoms with E-state index in [-0.39, 0.29) is 6.04 Å². The van der Waals surface area contributed by atoms with E-state index in [2.05, 4.69) is 10.3 Å². The first kappa shape index (κ1) is 11.8. The molecule has 0 saturated carbocycles. The fourth-order valence-corrected chi connectivity index (χ4v) is 1.27. The number of ether oxygens (including phenoxy) is 1. The first-order valence-electron chi connectivity index (χ1n) is 5.23. The average molecular weight is 209 g/mol. The second-order valence-electron chi connectivity index (χ2n) is 3.61. The molecule has 84 valence electrons. The number of methoxy groups -OCH3 is 1. The number of nitrogens with one attached hydrogen (secondary N) is 1. The van der Waals surface area contributed by atoms with E-state index in [0.29, 0.717) is 5.88 Å². The maximum Gasteiger partial charge on any atom is 0.214 e. The third-order valence-corrected chi connectivity index (χ3v) is 2.08. The van der Waals surface area contributed by atoms with Crippen LogP contribution < -0.4 is 15.8 Å². The number of hydrogen-bond acceptors (Lipinski definition) is 4. The molecule has 1 aromatic heterocycles. The quantitative estimate of drug-likeness (QED) is 0.699. The minimum absolute atomic E-state index is 0.269. The molecule has 4 heteroatoms. The van der Waals surface area contributed by atoms with E-state index in [1.807, 2.05) is 25.1 Å². The van der Waals surface area contributed by atoms with Gasteiger partial charge in [-0.2, -0.15) is 4.98 Å². The highest BCUT2D eigenvalue weighted by Gasteiger charge is 1.97. The number of nitrogens with two attached hydrogens (primary N) is 1. The average Bonchev–Trinajstić information content (AvgIpc) is 2.24. The first-order valence-corrected chi connectivity index (χ1v) is 5.23. The molecule has 0 aliphatic rings. The van der Waals surface area contributed by atoms with E-state index >= 15 is 0 Å². The highest BCUT2D eigenvalue weighted by Crippen LogP contribution is 2.10. The maximum absolute atomic E-state index is 5.65. The van der Waals surface area contributed by atoms with Gasteiger partial charge in [-0.05, 0) is 25.8 Å². The Hall–Kier alpha value is -1.29. The second-order valence-corrected chi connectivity index (χ2v) is 3.61. The molecule has 1 aromatic rings. The zero-order valence-electron chi connectivity index (χ0n) is 9.36. The number of nitrogens with zero attached hydrogens (tertiary/aromatic N) is 1. The van der Waals surface area contributed by atoms with Gasteiger partial charge in [0.25, 0.3) is 0 Å². The molecule has 1 unspecified atom stereocenters. The van der Waals surface area contributed by atoms with Crippen molar-refractivity contribution in [3.8, 4) is 5.88 Å². The Balaban J connectivity index is 2.30. The van der Waals surface area contributed by atoms with Gasteiger partial charge in [0.1, 0.15) is 5.82 Å². The van der Waals surface area contributed by atoms with Crippen molar-refractivity contribution in [2.45, 2.75) is 25.8 Å². The molecule has 0 saturated heterocycles. The van der Waals surface area contributed by atoms with E-state index in [9.17, 15) is 0 Å². The molecule has 0 aliphatic carbocycles. The topological polar surface area (TPSA) is 60.2 Å². The van der Waals surface area contributed by atoms with Crippen LogP contribution in [0.1, 0.15) is 19.8 Å². The van der Waals surface area contributed by atoms with E-state index in [1.165, 1.54) is 0 Å². The highest BCUT2D eigenvalue weighted by atomic mass is 16.5. The number of aromatic nitrogens is 1. The molecule has 0 spiro atoms. The summed E-state index contributed by atoms with van der Waals surface area (Å²) in [6, 6.07) is 5.94. The first-order chi connectivity index (χ1) is 7.22. The third kappa shape index (κ3) is 4.65. The normalized spacial score (nSPS) is 12.2. The molecule has 3 N–H and O–H groups in total. The number of hydrogen-bond donors (Lipinski definition) is 2. The standard InChI is InChI=1S/C11H19N3O/c1-9(12)5-4-8-13-10-6-3-7-11(14-10)15-2/h3,6-7,9H,4-5,8,12H2,1-2H3,(H,13,14). The van der Waals surface area contributed by atoms with Crippen LogP contribution in [0.25, 0.3) is 0 Å². The Morgan fingerprint density at radius 2 is 2.33 bits per heavy atom. The molecule has 0 aromatic carbocycles. The van der Waals surface area contributed by atoms with Gasteiger partial charge in [0.2, 0.25) is 5.88 Å². The van der Waals surface area contributed by atoms with Gasteiger partial charge in [-0.1, -0.05) is 6.07 Å². The lowest BCUT2D eigenvalue weighted by molar-refractivity contribution is 0.398. The summed E-state index contributed by atoms with van der Waals surface area (Å²) < 4.78 is 5.03. The van der Waals surface area contributed by atoms with Crippen LogP contribution in [0.2, 0.25) is 0 Å². The van der Waals surface area contributed by atoms with Crippen LogP contribution in [-0.4, -0.2) is 24.7 Å². The highest BCUT2D eigenvalue weighted by molar-refractivity contribution is 5.36. The Morgan fingerprint density at radius 1 is 1.53 bits per heavy atom. The fraction of sp³-hybridized carbons (Fsp3) is 0.545. The van der Waals surface area contributed by atoms with Gasteiger partial charge in [0, 0.05) is 18.7 Å². The van der Waals surface area contributed by atoms with Gasteiger partial charge in [0.05, 0.1) is 7.11 Å². The van der Waals surface area contributed by atoms with Crippen molar-refractivity contribution in [2.75, 3.05) is 19.0 Å². The lowest BCUT2D eigenvalue weighted by atomic mass is 10.2. The third-order valence-electron chi connectivity index (χ3n) is 2.08. The van der Waals surface area contributed by atoms with Crippen LogP contribution >= 0.6 is 0 Å². The van der Waals surface area contributed by atoms with Crippen LogP contribution in [0, 0.1) is 0 Å². The summed E-state index contributed by atoms with van der Waals surface area (Å²) >= 11 is 0. The molecule has 1 atom stereocenters. The largest absolute Gasteiger partial charge is 0.481 e. The lowest BCUT2D eigenvalue weighted by Gasteiger charge is -2.08. The molecule has 15 heavy (non-hydrogen) atoms. The molecular formula is C11H19N3O. The van der Waals surface area contributed by atoms with E-state index in [0.717, 1.165) is 25.2 Å². The molecule has 0 amide bonds. The second kappa shape index (κ2) is 6.24. The van der Waals surface area contributed by atoms with Gasteiger partial charge in [-0.25, -0.2) is 0 Å². The van der Waals surface area contributed by atoms with Gasteiger partial charge in [0.15, 0.2) is 0 Å². The summed E-state index contributed by atoms with van der Waals surface area (Å²) in [6.07, 6.45) is 2.08. The predicted octanol–water partition coefficient (Wildman–Crippen LogP) is 1.63. The molecule has 4 nitrogen and oxygen atoms in total. The van der Waals surface area contributed by atoms with E-state index < -0.39 is 0 Å². The molecule has 1 heterocycles. The molecule has 0 aliphatic heterocycles. The molecule has 0 fully saturated rings. The van der Waals surface area contributed by atoms with Crippen molar-refractivity contribution in [1.82, 2.24) is 4.98 Å². The summed E-state index contributed by atoms with van der Waals surface area (Å²) in [5.74, 6) is 1.48. The van der Waals surface area contributed by atoms with Crippen molar-refractivity contribution in [3.05, 3.63) is 18.2 Å². The van der Waals surface area contributed by atoms with Gasteiger partial charge < -0.3 is 15.8 Å². The van der Waals surface area contributed by atoms with Crippen LogP contribution in [0.5, 0.6) is 5.88 Å². The van der Waals surface area contributed by atoms with Crippen LogP contribution in [-0.2, 0) is 0 Å².